The molecule has 32 heteroatoms. The number of amides is 5. The summed E-state index contributed by atoms with van der Waals surface area (Å²) in [6, 6.07) is 47.1. The molecule has 0 saturated heterocycles. The number of aryl methyl sites for hydroxylation is 5. The number of fused-ring (bicyclic) bond motifs is 4. The van der Waals surface area contributed by atoms with Crippen LogP contribution in [0.2, 0.25) is 0 Å². The van der Waals surface area contributed by atoms with E-state index < -0.39 is 5.91 Å². The third-order valence-electron chi connectivity index (χ3n) is 25.3. The number of carbonyl (C=O) groups excluding carboxylic acids is 8. The average Bonchev–Trinajstić information content (AvgIpc) is 1.62. The van der Waals surface area contributed by atoms with Gasteiger partial charge in [-0.2, -0.15) is 5.10 Å². The normalized spacial score (nSPS) is 18.4. The number of thiazole rings is 2. The van der Waals surface area contributed by atoms with Crippen molar-refractivity contribution in [2.24, 2.45) is 5.73 Å². The van der Waals surface area contributed by atoms with Crippen molar-refractivity contribution in [1.29, 1.82) is 0 Å². The van der Waals surface area contributed by atoms with Gasteiger partial charge in [-0.05, 0) is 277 Å². The number of nitrogens with zero attached hydrogens (tertiary/aromatic N) is 12. The lowest BCUT2D eigenvalue weighted by atomic mass is 9.90. The SMILES string of the molecule is CCC(=O)c1ccc2c(c1)nc(-c1ccn[nH]1)n2C1CCCC(NC(=O)c2ccc(C)s2)C1.CCC(=O)c1ccc2c(c1)nc(-c1csc(C)n1)n2C1CCCC(NC(=O)c2ccc(C)s2)C1.CCC(=O)c1ccc2c(c1)nc(-c1nccs1)n2C1CCCC(NC(=O)c2ccc(C)s2)C1.Cc1ccc(C(=O)NC2CCCC(n3c(-c4ccccn4)nc4cc(C(N)=O)ccc43)C2)s1. The van der Waals surface area contributed by atoms with Crippen LogP contribution in [0.3, 0.4) is 0 Å². The third kappa shape index (κ3) is 21.0. The molecule has 20 rings (SSSR count). The van der Waals surface area contributed by atoms with Gasteiger partial charge < -0.3 is 45.3 Å². The smallest absolute Gasteiger partial charge is 0.261 e. The summed E-state index contributed by atoms with van der Waals surface area (Å²) in [5.41, 5.74) is 17.6. The zero-order valence-electron chi connectivity index (χ0n) is 75.5. The molecule has 4 fully saturated rings. The summed E-state index contributed by atoms with van der Waals surface area (Å²) >= 11 is 9.28. The van der Waals surface area contributed by atoms with Crippen molar-refractivity contribution in [1.82, 2.24) is 84.6 Å². The summed E-state index contributed by atoms with van der Waals surface area (Å²) in [4.78, 5) is 141. The maximum absolute atomic E-state index is 12.8. The van der Waals surface area contributed by atoms with Gasteiger partial charge in [-0.15, -0.1) is 68.0 Å². The second-order valence-corrected chi connectivity index (χ2v) is 41.7. The zero-order chi connectivity index (χ0) is 92.7. The second-order valence-electron chi connectivity index (χ2n) is 34.6. The second kappa shape index (κ2) is 41.4. The first kappa shape index (κ1) is 92.4. The molecule has 5 amide bonds. The number of aromatic nitrogens is 13. The van der Waals surface area contributed by atoms with Gasteiger partial charge in [-0.1, -0.05) is 26.8 Å². The monoisotopic (exact) mass is 1890 g/mol. The van der Waals surface area contributed by atoms with Crippen molar-refractivity contribution < 1.29 is 38.4 Å². The van der Waals surface area contributed by atoms with Gasteiger partial charge in [0, 0.05) is 139 Å². The number of hydrogen-bond acceptors (Lipinski definition) is 22. The number of primary amides is 1. The van der Waals surface area contributed by atoms with E-state index in [0.29, 0.717) is 47.0 Å². The summed E-state index contributed by atoms with van der Waals surface area (Å²) in [7, 11) is 0. The van der Waals surface area contributed by atoms with Crippen LogP contribution in [0.15, 0.2) is 175 Å². The number of hydrogen-bond donors (Lipinski definition) is 6. The van der Waals surface area contributed by atoms with E-state index >= 15 is 0 Å². The lowest BCUT2D eigenvalue weighted by Crippen LogP contribution is -2.38. The van der Waals surface area contributed by atoms with Gasteiger partial charge in [0.2, 0.25) is 5.91 Å². The van der Waals surface area contributed by atoms with E-state index in [1.807, 2.05) is 200 Å². The predicted octanol–water partition coefficient (Wildman–Crippen LogP) is 22.2. The Hall–Kier alpha value is -12.5. The fourth-order valence-electron chi connectivity index (χ4n) is 18.9. The maximum Gasteiger partial charge on any atom is 0.261 e. The van der Waals surface area contributed by atoms with E-state index in [2.05, 4.69) is 59.7 Å². The molecule has 12 aromatic heterocycles. The van der Waals surface area contributed by atoms with Crippen LogP contribution in [0.5, 0.6) is 0 Å². The number of pyridine rings is 1. The Kier molecular flexibility index (Phi) is 28.7. The van der Waals surface area contributed by atoms with E-state index in [1.54, 1.807) is 53.4 Å². The van der Waals surface area contributed by atoms with Gasteiger partial charge in [-0.3, -0.25) is 48.4 Å². The molecule has 4 aromatic carbocycles. The van der Waals surface area contributed by atoms with Gasteiger partial charge in [0.25, 0.3) is 23.6 Å². The molecule has 7 N–H and O–H groups in total. The lowest BCUT2D eigenvalue weighted by Gasteiger charge is -2.31. The Labute approximate surface area is 794 Å². The minimum Gasteiger partial charge on any atom is -0.366 e. The summed E-state index contributed by atoms with van der Waals surface area (Å²) in [5.74, 6) is 3.14. The fraction of sp³-hybridized carbons (Fsp3) is 0.347. The van der Waals surface area contributed by atoms with Crippen molar-refractivity contribution in [3.63, 3.8) is 0 Å². The first-order chi connectivity index (χ1) is 64.5. The van der Waals surface area contributed by atoms with Crippen molar-refractivity contribution in [3.05, 3.63) is 241 Å². The topological polar surface area (TPSA) is 349 Å². The number of nitrogens with one attached hydrogen (secondary N) is 5. The zero-order valence-corrected chi connectivity index (χ0v) is 80.4. The lowest BCUT2D eigenvalue weighted by molar-refractivity contribution is 0.0916. The number of ketones is 3. The summed E-state index contributed by atoms with van der Waals surface area (Å²) in [6.07, 6.45) is 22.0. The van der Waals surface area contributed by atoms with Crippen LogP contribution in [0.4, 0.5) is 0 Å². The van der Waals surface area contributed by atoms with Crippen molar-refractivity contribution in [2.75, 3.05) is 0 Å². The number of nitrogens with two attached hydrogens (primary N) is 1. The highest BCUT2D eigenvalue weighted by atomic mass is 32.1. The Morgan fingerprint density at radius 2 is 0.752 bits per heavy atom. The Morgan fingerprint density at radius 1 is 0.383 bits per heavy atom. The predicted molar refractivity (Wildman–Crippen MR) is 530 cm³/mol. The number of aromatic amines is 1. The molecule has 8 atom stereocenters. The number of benzene rings is 4. The van der Waals surface area contributed by atoms with E-state index in [1.165, 1.54) is 45.3 Å². The molecule has 12 heterocycles. The highest BCUT2D eigenvalue weighted by Crippen LogP contribution is 2.43. The summed E-state index contributed by atoms with van der Waals surface area (Å²) in [6.45, 7) is 15.7. The molecule has 4 saturated carbocycles. The molecular formula is C101H106N18O8S6. The molecule has 4 aliphatic rings. The van der Waals surface area contributed by atoms with Crippen LogP contribution < -0.4 is 27.0 Å². The van der Waals surface area contributed by atoms with Crippen LogP contribution in [0.1, 0.15) is 272 Å². The van der Waals surface area contributed by atoms with Crippen molar-refractivity contribution in [3.8, 4) is 45.4 Å². The first-order valence-electron chi connectivity index (χ1n) is 45.7. The van der Waals surface area contributed by atoms with Crippen LogP contribution in [-0.2, 0) is 0 Å². The summed E-state index contributed by atoms with van der Waals surface area (Å²) in [5, 5.41) is 26.0. The molecule has 26 nitrogen and oxygen atoms in total. The van der Waals surface area contributed by atoms with Crippen molar-refractivity contribution in [2.45, 2.75) is 226 Å². The largest absolute Gasteiger partial charge is 0.366 e. The van der Waals surface area contributed by atoms with Crippen LogP contribution in [0.25, 0.3) is 89.5 Å². The average molecular weight is 1890 g/mol. The van der Waals surface area contributed by atoms with E-state index in [4.69, 9.17) is 30.7 Å². The van der Waals surface area contributed by atoms with Crippen molar-refractivity contribution >= 4 is 159 Å². The van der Waals surface area contributed by atoms with E-state index in [9.17, 15) is 38.4 Å². The van der Waals surface area contributed by atoms with Gasteiger partial charge in [0.05, 0.1) is 68.6 Å². The molecule has 0 spiro atoms. The Morgan fingerprint density at radius 3 is 1.08 bits per heavy atom. The molecule has 8 unspecified atom stereocenters. The molecule has 0 aliphatic heterocycles. The van der Waals surface area contributed by atoms with Crippen LogP contribution >= 0.6 is 68.0 Å². The van der Waals surface area contributed by atoms with E-state index in [-0.39, 0.29) is 89.3 Å². The molecule has 0 radical (unpaired) electrons. The number of imidazole rings is 4. The molecule has 4 aliphatic carbocycles. The number of thiophene rings is 4. The fourth-order valence-corrected chi connectivity index (χ4v) is 23.2. The first-order valence-corrected chi connectivity index (χ1v) is 50.7. The van der Waals surface area contributed by atoms with E-state index in [0.717, 1.165) is 231 Å². The quantitative estimate of drug-likeness (QED) is 0.0324. The minimum atomic E-state index is -0.477. The molecule has 16 aromatic rings. The Balaban J connectivity index is 0.000000124. The van der Waals surface area contributed by atoms with Gasteiger partial charge in [0.15, 0.2) is 45.7 Å². The minimum absolute atomic E-state index is 0.00532. The molecule has 0 bridgehead atoms. The van der Waals surface area contributed by atoms with Crippen LogP contribution in [0, 0.1) is 34.6 Å². The molecular weight excluding hydrogens is 1790 g/mol. The third-order valence-corrected chi connectivity index (χ3v) is 30.9. The van der Waals surface area contributed by atoms with Gasteiger partial charge in [0.1, 0.15) is 17.1 Å². The summed E-state index contributed by atoms with van der Waals surface area (Å²) < 4.78 is 9.05. The molecule has 133 heavy (non-hydrogen) atoms. The number of carbonyl (C=O) groups is 8. The standard InChI is InChI=1S/C26H28N4O2S2.C25H25N5O2S.C25H27N5O2S.C25H26N4O2S2/c1-4-23(31)17-9-10-22-20(12-17)29-25(21-14-33-16(3)27-21)30(22)19-7-5-6-18(13-19)28-26(32)24-11-8-15(2)34-24;1-15-8-11-22(33-15)25(32)28-17-5-4-6-18(14-17)30-21-10-9-16(23(26)31)13-20(21)29-24(30)19-7-2-3-12-27-19;1-3-22(31)16-8-9-21-20(13-16)28-24(19-11-12-26-29-19)30(21)18-6-4-5-17(14-18)27-25(32)23-10-7-15(2)33-23;1-3-21(30)16-8-9-20-19(13-16)28-23(25-26-11-12-32-25)29(20)18-6-4-5-17(14-18)27-24(31)22-10-7-15(2)33-22/h8-12,14,18-19H,4-7,13H2,1-3H3,(H,28,32);2-3,7-13,17-18H,4-6,14H2,1H3,(H2,26,31)(H,28,32);7-13,17-18H,3-6,14H2,1-2H3,(H,26,29)(H,27,32);7-13,17-18H,3-6,14H2,1-2H3,(H,27,31). The Bertz CT molecular complexity index is 6740. The van der Waals surface area contributed by atoms with Gasteiger partial charge >= 0.3 is 0 Å². The number of H-pyrrole nitrogens is 1. The maximum atomic E-state index is 12.8. The van der Waals surface area contributed by atoms with Crippen LogP contribution in [-0.4, -0.2) is 134 Å². The van der Waals surface area contributed by atoms with Gasteiger partial charge in [-0.25, -0.2) is 29.9 Å². The number of rotatable bonds is 23. The highest BCUT2D eigenvalue weighted by molar-refractivity contribution is 7.15. The highest BCUT2D eigenvalue weighted by Gasteiger charge is 2.36. The number of Topliss-reactive ketones (excluding diaryl/α,β-unsaturated/α-hetero) is 3. The molecule has 684 valence electrons.